The highest BCUT2D eigenvalue weighted by atomic mass is 79.9. The Bertz CT molecular complexity index is 545. The first-order valence-corrected chi connectivity index (χ1v) is 5.99. The molecule has 0 N–H and O–H groups in total. The Labute approximate surface area is 108 Å². The maximum Gasteiger partial charge on any atom is 0.172 e. The lowest BCUT2D eigenvalue weighted by Crippen LogP contribution is -2.06. The van der Waals surface area contributed by atoms with Gasteiger partial charge in [-0.15, -0.1) is 0 Å². The largest absolute Gasteiger partial charge is 0.294 e. The number of aryl methyl sites for hydroxylation is 1. The van der Waals surface area contributed by atoms with Crippen LogP contribution in [0, 0.1) is 6.92 Å². The van der Waals surface area contributed by atoms with Gasteiger partial charge in [0.05, 0.1) is 18.2 Å². The number of nitrogens with zero attached hydrogens (tertiary/aromatic N) is 3. The van der Waals surface area contributed by atoms with Gasteiger partial charge >= 0.3 is 0 Å². The van der Waals surface area contributed by atoms with E-state index < -0.39 is 0 Å². The molecule has 0 saturated carbocycles. The van der Waals surface area contributed by atoms with Crippen molar-refractivity contribution in [1.29, 1.82) is 0 Å². The van der Waals surface area contributed by atoms with Gasteiger partial charge in [-0.25, -0.2) is 0 Å². The Kier molecular flexibility index (Phi) is 3.38. The fourth-order valence-electron chi connectivity index (χ4n) is 1.54. The quantitative estimate of drug-likeness (QED) is 0.816. The van der Waals surface area contributed by atoms with Crippen molar-refractivity contribution >= 4 is 21.7 Å². The van der Waals surface area contributed by atoms with Crippen LogP contribution in [0.5, 0.6) is 0 Å². The highest BCUT2D eigenvalue weighted by molar-refractivity contribution is 9.10. The first-order valence-electron chi connectivity index (χ1n) is 5.20. The average molecular weight is 294 g/mol. The van der Waals surface area contributed by atoms with Gasteiger partial charge in [0.15, 0.2) is 5.78 Å². The van der Waals surface area contributed by atoms with Crippen LogP contribution < -0.4 is 0 Å². The van der Waals surface area contributed by atoms with E-state index in [2.05, 4.69) is 26.0 Å². The smallest absolute Gasteiger partial charge is 0.172 e. The number of aromatic nitrogens is 3. The third-order valence-corrected chi connectivity index (χ3v) is 3.14. The summed E-state index contributed by atoms with van der Waals surface area (Å²) in [5.74, 6) is 0.0467. The number of carbonyl (C=O) groups is 1. The van der Waals surface area contributed by atoms with Crippen molar-refractivity contribution in [3.63, 3.8) is 0 Å². The Morgan fingerprint density at radius 2 is 2.18 bits per heavy atom. The predicted molar refractivity (Wildman–Crippen MR) is 67.9 cm³/mol. The zero-order valence-corrected chi connectivity index (χ0v) is 11.2. The maximum atomic E-state index is 12.0. The van der Waals surface area contributed by atoms with Crippen LogP contribution in [0.15, 0.2) is 29.0 Å². The number of halogens is 1. The van der Waals surface area contributed by atoms with Crippen LogP contribution in [-0.4, -0.2) is 20.5 Å². The van der Waals surface area contributed by atoms with Crippen LogP contribution in [-0.2, 0) is 13.5 Å². The monoisotopic (exact) mass is 293 g/mol. The second-order valence-corrected chi connectivity index (χ2v) is 4.75. The van der Waals surface area contributed by atoms with Gasteiger partial charge in [-0.1, -0.05) is 0 Å². The summed E-state index contributed by atoms with van der Waals surface area (Å²) < 4.78 is 2.61. The van der Waals surface area contributed by atoms with Crippen molar-refractivity contribution in [2.75, 3.05) is 0 Å². The Balaban J connectivity index is 2.17. The molecule has 0 aromatic carbocycles. The van der Waals surface area contributed by atoms with Crippen molar-refractivity contribution in [3.8, 4) is 0 Å². The molecule has 2 rings (SSSR count). The van der Waals surface area contributed by atoms with Gasteiger partial charge in [0.1, 0.15) is 0 Å². The second-order valence-electron chi connectivity index (χ2n) is 3.83. The molecule has 0 bridgehead atoms. The van der Waals surface area contributed by atoms with Crippen LogP contribution in [0.25, 0.3) is 0 Å². The van der Waals surface area contributed by atoms with E-state index in [-0.39, 0.29) is 5.78 Å². The Hall–Kier alpha value is -1.49. The summed E-state index contributed by atoms with van der Waals surface area (Å²) in [7, 11) is 1.82. The number of ketones is 1. The number of pyridine rings is 1. The first-order chi connectivity index (χ1) is 8.08. The molecule has 0 saturated heterocycles. The summed E-state index contributed by atoms with van der Waals surface area (Å²) in [5, 5.41) is 4.06. The summed E-state index contributed by atoms with van der Waals surface area (Å²) in [4.78, 5) is 16.2. The van der Waals surface area contributed by atoms with E-state index in [4.69, 9.17) is 0 Å². The molecule has 0 spiro atoms. The maximum absolute atomic E-state index is 12.0. The molecule has 88 valence electrons. The molecule has 4 nitrogen and oxygen atoms in total. The van der Waals surface area contributed by atoms with Gasteiger partial charge < -0.3 is 0 Å². The van der Waals surface area contributed by atoms with Gasteiger partial charge in [-0.2, -0.15) is 5.10 Å². The highest BCUT2D eigenvalue weighted by Crippen LogP contribution is 2.12. The number of hydrogen-bond acceptors (Lipinski definition) is 3. The summed E-state index contributed by atoms with van der Waals surface area (Å²) in [5.41, 5.74) is 2.31. The van der Waals surface area contributed by atoms with E-state index in [1.54, 1.807) is 17.1 Å². The lowest BCUT2D eigenvalue weighted by atomic mass is 10.1. The van der Waals surface area contributed by atoms with E-state index in [0.29, 0.717) is 12.0 Å². The van der Waals surface area contributed by atoms with E-state index in [0.717, 1.165) is 15.9 Å². The molecule has 0 aliphatic carbocycles. The van der Waals surface area contributed by atoms with Crippen LogP contribution in [0.4, 0.5) is 0 Å². The van der Waals surface area contributed by atoms with Gasteiger partial charge in [0.2, 0.25) is 0 Å². The second kappa shape index (κ2) is 4.79. The van der Waals surface area contributed by atoms with E-state index >= 15 is 0 Å². The fourth-order valence-corrected chi connectivity index (χ4v) is 1.78. The van der Waals surface area contributed by atoms with E-state index in [9.17, 15) is 4.79 Å². The molecule has 0 atom stereocenters. The van der Waals surface area contributed by atoms with Crippen molar-refractivity contribution in [1.82, 2.24) is 14.8 Å². The minimum Gasteiger partial charge on any atom is -0.294 e. The lowest BCUT2D eigenvalue weighted by Gasteiger charge is -2.00. The SMILES string of the molecule is Cc1c(C(=O)Cc2ccc(Br)cn2)cnn1C. The lowest BCUT2D eigenvalue weighted by molar-refractivity contribution is 0.0991. The summed E-state index contributed by atoms with van der Waals surface area (Å²) in [6.07, 6.45) is 3.61. The summed E-state index contributed by atoms with van der Waals surface area (Å²) >= 11 is 3.31. The summed E-state index contributed by atoms with van der Waals surface area (Å²) in [6, 6.07) is 3.72. The molecule has 2 aromatic heterocycles. The Morgan fingerprint density at radius 1 is 1.41 bits per heavy atom. The number of rotatable bonds is 3. The van der Waals surface area contributed by atoms with E-state index in [1.807, 2.05) is 26.1 Å². The van der Waals surface area contributed by atoms with Crippen molar-refractivity contribution < 1.29 is 4.79 Å². The molecule has 17 heavy (non-hydrogen) atoms. The standard InChI is InChI=1S/C12H12BrN3O/c1-8-11(7-15-16(8)2)12(17)5-10-4-3-9(13)6-14-10/h3-4,6-7H,5H2,1-2H3. The van der Waals surface area contributed by atoms with Crippen LogP contribution in [0.1, 0.15) is 21.7 Å². The van der Waals surface area contributed by atoms with Crippen molar-refractivity contribution in [3.05, 3.63) is 46.0 Å². The number of carbonyl (C=O) groups excluding carboxylic acids is 1. The van der Waals surface area contributed by atoms with Gasteiger partial charge in [-0.05, 0) is 35.0 Å². The molecule has 0 amide bonds. The molecule has 0 radical (unpaired) electrons. The molecule has 0 aliphatic rings. The van der Waals surface area contributed by atoms with Gasteiger partial charge in [0.25, 0.3) is 0 Å². The molecule has 5 heteroatoms. The molecule has 0 unspecified atom stereocenters. The third kappa shape index (κ3) is 2.61. The van der Waals surface area contributed by atoms with Crippen molar-refractivity contribution in [2.24, 2.45) is 7.05 Å². The molecular weight excluding hydrogens is 282 g/mol. The molecule has 2 heterocycles. The van der Waals surface area contributed by atoms with Crippen LogP contribution in [0.3, 0.4) is 0 Å². The minimum atomic E-state index is 0.0467. The normalized spacial score (nSPS) is 10.5. The first kappa shape index (κ1) is 12.0. The molecule has 0 aliphatic heterocycles. The Morgan fingerprint density at radius 3 is 2.71 bits per heavy atom. The number of hydrogen-bond donors (Lipinski definition) is 0. The zero-order chi connectivity index (χ0) is 12.4. The van der Waals surface area contributed by atoms with Gasteiger partial charge in [0, 0.05) is 29.1 Å². The molecule has 0 fully saturated rings. The van der Waals surface area contributed by atoms with Crippen LogP contribution >= 0.6 is 15.9 Å². The van der Waals surface area contributed by atoms with Gasteiger partial charge in [-0.3, -0.25) is 14.5 Å². The highest BCUT2D eigenvalue weighted by Gasteiger charge is 2.13. The average Bonchev–Trinajstić information content (AvgIpc) is 2.63. The molecular formula is C12H12BrN3O. The number of Topliss-reactive ketones (excluding diaryl/α,β-unsaturated/α-hetero) is 1. The minimum absolute atomic E-state index is 0.0467. The van der Waals surface area contributed by atoms with E-state index in [1.165, 1.54) is 0 Å². The predicted octanol–water partition coefficient (Wildman–Crippen LogP) is 2.31. The molecule has 2 aromatic rings. The third-order valence-electron chi connectivity index (χ3n) is 2.67. The topological polar surface area (TPSA) is 47.8 Å². The van der Waals surface area contributed by atoms with Crippen LogP contribution in [0.2, 0.25) is 0 Å². The summed E-state index contributed by atoms with van der Waals surface area (Å²) in [6.45, 7) is 1.88. The fraction of sp³-hybridized carbons (Fsp3) is 0.250. The van der Waals surface area contributed by atoms with Crippen molar-refractivity contribution in [2.45, 2.75) is 13.3 Å². The zero-order valence-electron chi connectivity index (χ0n) is 9.64.